The molecule has 1 aliphatic heterocycles. The molecule has 0 atom stereocenters. The fourth-order valence-corrected chi connectivity index (χ4v) is 4.10. The normalized spacial score (nSPS) is 14.8. The van der Waals surface area contributed by atoms with Crippen LogP contribution in [0.15, 0.2) is 95.7 Å². The molecule has 3 aromatic carbocycles. The second-order valence-corrected chi connectivity index (χ2v) is 7.93. The molecule has 1 aromatic heterocycles. The van der Waals surface area contributed by atoms with Crippen LogP contribution in [0.2, 0.25) is 0 Å². The fraction of sp³-hybridized carbons (Fsp3) is 0.0741. The summed E-state index contributed by atoms with van der Waals surface area (Å²) in [5, 5.41) is 16.2. The van der Waals surface area contributed by atoms with Gasteiger partial charge in [-0.2, -0.15) is 10.1 Å². The van der Waals surface area contributed by atoms with Crippen LogP contribution in [0.3, 0.4) is 0 Å². The van der Waals surface area contributed by atoms with Gasteiger partial charge in [0.25, 0.3) is 5.91 Å². The summed E-state index contributed by atoms with van der Waals surface area (Å²) < 4.78 is 2.07. The minimum Gasteiger partial charge on any atom is -0.478 e. The number of hydrogen-bond donors (Lipinski definition) is 1. The van der Waals surface area contributed by atoms with E-state index in [1.807, 2.05) is 79.9 Å². The minimum atomic E-state index is -0.947. The van der Waals surface area contributed by atoms with Crippen molar-refractivity contribution < 1.29 is 14.7 Å². The SMILES string of the molecule is CC1=NN(c2ccccc2)C(=O)/C1=C/c1cn(Cc2cccc(C(=O)O)c2)c2ccccc12. The molecule has 0 saturated heterocycles. The van der Waals surface area contributed by atoms with Crippen LogP contribution in [-0.4, -0.2) is 27.3 Å². The van der Waals surface area contributed by atoms with Gasteiger partial charge in [0.15, 0.2) is 0 Å². The highest BCUT2D eigenvalue weighted by Crippen LogP contribution is 2.28. The number of hydrazone groups is 1. The van der Waals surface area contributed by atoms with E-state index in [1.54, 1.807) is 18.2 Å². The summed E-state index contributed by atoms with van der Waals surface area (Å²) in [5.74, 6) is -1.11. The van der Waals surface area contributed by atoms with Crippen LogP contribution in [-0.2, 0) is 11.3 Å². The number of aromatic nitrogens is 1. The Morgan fingerprint density at radius 2 is 1.76 bits per heavy atom. The van der Waals surface area contributed by atoms with E-state index in [0.29, 0.717) is 17.8 Å². The second-order valence-electron chi connectivity index (χ2n) is 7.93. The van der Waals surface area contributed by atoms with Gasteiger partial charge in [0.1, 0.15) is 0 Å². The van der Waals surface area contributed by atoms with Crippen molar-refractivity contribution in [2.45, 2.75) is 13.5 Å². The molecule has 5 rings (SSSR count). The summed E-state index contributed by atoms with van der Waals surface area (Å²) in [4.78, 5) is 24.5. The van der Waals surface area contributed by atoms with Gasteiger partial charge in [0, 0.05) is 29.2 Å². The molecule has 0 spiro atoms. The maximum atomic E-state index is 13.1. The molecule has 33 heavy (non-hydrogen) atoms. The second kappa shape index (κ2) is 8.24. The molecular weight excluding hydrogens is 414 g/mol. The molecule has 1 N–H and O–H groups in total. The first-order valence-corrected chi connectivity index (χ1v) is 10.6. The predicted molar refractivity (Wildman–Crippen MR) is 129 cm³/mol. The predicted octanol–water partition coefficient (Wildman–Crippen LogP) is 5.19. The summed E-state index contributed by atoms with van der Waals surface area (Å²) in [6, 6.07) is 24.3. The summed E-state index contributed by atoms with van der Waals surface area (Å²) in [6.45, 7) is 2.35. The Labute approximate surface area is 190 Å². The Balaban J connectivity index is 1.53. The van der Waals surface area contributed by atoms with Gasteiger partial charge in [-0.15, -0.1) is 0 Å². The van der Waals surface area contributed by atoms with Gasteiger partial charge >= 0.3 is 5.97 Å². The Morgan fingerprint density at radius 3 is 2.55 bits per heavy atom. The standard InChI is InChI=1S/C27H21N3O3/c1-18-24(26(31)30(28-18)22-10-3-2-4-11-22)15-21-17-29(25-13-6-5-12-23(21)25)16-19-8-7-9-20(14-19)27(32)33/h2-15,17H,16H2,1H3,(H,32,33)/b24-15+. The minimum absolute atomic E-state index is 0.162. The number of carbonyl (C=O) groups excluding carboxylic acids is 1. The average Bonchev–Trinajstić information content (AvgIpc) is 3.32. The molecular formula is C27H21N3O3. The van der Waals surface area contributed by atoms with E-state index in [2.05, 4.69) is 9.67 Å². The molecule has 0 unspecified atom stereocenters. The van der Waals surface area contributed by atoms with Crippen molar-refractivity contribution in [1.29, 1.82) is 0 Å². The Kier molecular flexibility index (Phi) is 5.11. The van der Waals surface area contributed by atoms with E-state index < -0.39 is 5.97 Å². The first-order valence-electron chi connectivity index (χ1n) is 10.6. The number of fused-ring (bicyclic) bond motifs is 1. The van der Waals surface area contributed by atoms with Crippen molar-refractivity contribution in [3.05, 3.63) is 107 Å². The number of carbonyl (C=O) groups is 2. The smallest absolute Gasteiger partial charge is 0.335 e. The van der Waals surface area contributed by atoms with Gasteiger partial charge in [-0.05, 0) is 48.9 Å². The first-order chi connectivity index (χ1) is 16.0. The molecule has 0 bridgehead atoms. The maximum absolute atomic E-state index is 13.1. The summed E-state index contributed by atoms with van der Waals surface area (Å²) in [6.07, 6.45) is 3.88. The van der Waals surface area contributed by atoms with Crippen molar-refractivity contribution in [3.8, 4) is 0 Å². The summed E-state index contributed by atoms with van der Waals surface area (Å²) in [5.41, 5.74) is 5.00. The third-order valence-electron chi connectivity index (χ3n) is 5.71. The summed E-state index contributed by atoms with van der Waals surface area (Å²) in [7, 11) is 0. The summed E-state index contributed by atoms with van der Waals surface area (Å²) >= 11 is 0. The highest BCUT2D eigenvalue weighted by molar-refractivity contribution is 6.32. The number of benzene rings is 3. The Hall–Kier alpha value is -4.45. The molecule has 0 saturated carbocycles. The first kappa shape index (κ1) is 20.5. The van der Waals surface area contributed by atoms with Crippen LogP contribution in [0.5, 0.6) is 0 Å². The van der Waals surface area contributed by atoms with E-state index >= 15 is 0 Å². The molecule has 0 fully saturated rings. The van der Waals surface area contributed by atoms with Crippen LogP contribution in [0.25, 0.3) is 17.0 Å². The monoisotopic (exact) mass is 435 g/mol. The van der Waals surface area contributed by atoms with E-state index in [-0.39, 0.29) is 11.5 Å². The number of amides is 1. The van der Waals surface area contributed by atoms with Gasteiger partial charge in [0.05, 0.1) is 22.5 Å². The van der Waals surface area contributed by atoms with Gasteiger partial charge in [-0.1, -0.05) is 48.5 Å². The maximum Gasteiger partial charge on any atom is 0.335 e. The van der Waals surface area contributed by atoms with E-state index in [1.165, 1.54) is 5.01 Å². The van der Waals surface area contributed by atoms with Crippen molar-refractivity contribution in [2.75, 3.05) is 5.01 Å². The van der Waals surface area contributed by atoms with Crippen LogP contribution in [0.1, 0.15) is 28.4 Å². The third kappa shape index (κ3) is 3.83. The molecule has 1 amide bonds. The topological polar surface area (TPSA) is 74.9 Å². The zero-order chi connectivity index (χ0) is 22.9. The lowest BCUT2D eigenvalue weighted by molar-refractivity contribution is -0.114. The molecule has 0 radical (unpaired) electrons. The van der Waals surface area contributed by atoms with E-state index in [9.17, 15) is 14.7 Å². The van der Waals surface area contributed by atoms with Crippen LogP contribution >= 0.6 is 0 Å². The van der Waals surface area contributed by atoms with Gasteiger partial charge in [-0.25, -0.2) is 4.79 Å². The average molecular weight is 435 g/mol. The molecule has 4 aromatic rings. The van der Waals surface area contributed by atoms with Crippen molar-refractivity contribution in [1.82, 2.24) is 4.57 Å². The number of carboxylic acid groups (broad SMARTS) is 1. The van der Waals surface area contributed by atoms with Crippen LogP contribution < -0.4 is 5.01 Å². The van der Waals surface area contributed by atoms with Gasteiger partial charge in [0.2, 0.25) is 0 Å². The van der Waals surface area contributed by atoms with E-state index in [4.69, 9.17) is 0 Å². The molecule has 6 nitrogen and oxygen atoms in total. The Bertz CT molecular complexity index is 1450. The number of carboxylic acids is 1. The molecule has 1 aliphatic rings. The highest BCUT2D eigenvalue weighted by Gasteiger charge is 2.28. The molecule has 6 heteroatoms. The zero-order valence-corrected chi connectivity index (χ0v) is 18.0. The van der Waals surface area contributed by atoms with Crippen molar-refractivity contribution >= 4 is 40.3 Å². The number of anilines is 1. The molecule has 0 aliphatic carbocycles. The number of hydrogen-bond acceptors (Lipinski definition) is 3. The number of rotatable bonds is 5. The fourth-order valence-electron chi connectivity index (χ4n) is 4.10. The quantitative estimate of drug-likeness (QED) is 0.438. The molecule has 162 valence electrons. The van der Waals surface area contributed by atoms with Crippen molar-refractivity contribution in [3.63, 3.8) is 0 Å². The Morgan fingerprint density at radius 1 is 1.00 bits per heavy atom. The van der Waals surface area contributed by atoms with Crippen molar-refractivity contribution in [2.24, 2.45) is 5.10 Å². The zero-order valence-electron chi connectivity index (χ0n) is 18.0. The molecule has 2 heterocycles. The third-order valence-corrected chi connectivity index (χ3v) is 5.71. The van der Waals surface area contributed by atoms with Gasteiger partial charge < -0.3 is 9.67 Å². The number of aromatic carboxylic acids is 1. The van der Waals surface area contributed by atoms with Gasteiger partial charge in [-0.3, -0.25) is 4.79 Å². The largest absolute Gasteiger partial charge is 0.478 e. The lowest BCUT2D eigenvalue weighted by Gasteiger charge is -2.10. The number of nitrogens with zero attached hydrogens (tertiary/aromatic N) is 3. The number of para-hydroxylation sites is 2. The highest BCUT2D eigenvalue weighted by atomic mass is 16.4. The van der Waals surface area contributed by atoms with E-state index in [0.717, 1.165) is 27.7 Å². The lowest BCUT2D eigenvalue weighted by Crippen LogP contribution is -2.21. The van der Waals surface area contributed by atoms with Crippen LogP contribution in [0.4, 0.5) is 5.69 Å². The lowest BCUT2D eigenvalue weighted by atomic mass is 10.1. The van der Waals surface area contributed by atoms with Crippen LogP contribution in [0, 0.1) is 0 Å².